The molecule has 0 aliphatic rings. The first-order valence-electron chi connectivity index (χ1n) is 6.78. The van der Waals surface area contributed by atoms with Crippen LogP contribution in [0.5, 0.6) is 0 Å². The van der Waals surface area contributed by atoms with Crippen LogP contribution in [0.2, 0.25) is 0 Å². The number of nitro groups is 1. The molecule has 0 spiro atoms. The van der Waals surface area contributed by atoms with Crippen LogP contribution in [0.15, 0.2) is 18.2 Å². The summed E-state index contributed by atoms with van der Waals surface area (Å²) in [5.74, 6) is 0. The highest BCUT2D eigenvalue weighted by atomic mass is 32.1. The van der Waals surface area contributed by atoms with Crippen molar-refractivity contribution < 1.29 is 4.92 Å². The molecule has 112 valence electrons. The molecular formula is C14H18N4O2S. The van der Waals surface area contributed by atoms with E-state index in [0.29, 0.717) is 16.6 Å². The first-order chi connectivity index (χ1) is 9.97. The SMILES string of the molecule is Cc1ccc([N+](=O)[O-])c(-c2nnc(CCNC(C)C)s2)c1. The maximum Gasteiger partial charge on any atom is 0.279 e. The Balaban J connectivity index is 2.21. The molecule has 0 bridgehead atoms. The highest BCUT2D eigenvalue weighted by Gasteiger charge is 2.18. The molecule has 2 aromatic rings. The van der Waals surface area contributed by atoms with Gasteiger partial charge < -0.3 is 5.32 Å². The van der Waals surface area contributed by atoms with Gasteiger partial charge in [-0.15, -0.1) is 10.2 Å². The van der Waals surface area contributed by atoms with Crippen LogP contribution in [-0.4, -0.2) is 27.7 Å². The van der Waals surface area contributed by atoms with Gasteiger partial charge in [0.05, 0.1) is 10.5 Å². The van der Waals surface area contributed by atoms with Crippen molar-refractivity contribution in [1.82, 2.24) is 15.5 Å². The fourth-order valence-electron chi connectivity index (χ4n) is 1.91. The van der Waals surface area contributed by atoms with Gasteiger partial charge in [0.1, 0.15) is 5.01 Å². The standard InChI is InChI=1S/C14H18N4O2S/c1-9(2)15-7-6-13-16-17-14(21-13)11-8-10(3)4-5-12(11)18(19)20/h4-5,8-9,15H,6-7H2,1-3H3. The second kappa shape index (κ2) is 6.73. The summed E-state index contributed by atoms with van der Waals surface area (Å²) in [4.78, 5) is 10.7. The van der Waals surface area contributed by atoms with Crippen molar-refractivity contribution in [3.8, 4) is 10.6 Å². The summed E-state index contributed by atoms with van der Waals surface area (Å²) in [6.45, 7) is 6.90. The predicted molar refractivity (Wildman–Crippen MR) is 83.6 cm³/mol. The van der Waals surface area contributed by atoms with Gasteiger partial charge in [-0.25, -0.2) is 0 Å². The summed E-state index contributed by atoms with van der Waals surface area (Å²) in [5.41, 5.74) is 1.58. The van der Waals surface area contributed by atoms with Crippen molar-refractivity contribution in [3.05, 3.63) is 38.9 Å². The molecular weight excluding hydrogens is 288 g/mol. The van der Waals surface area contributed by atoms with Crippen molar-refractivity contribution in [2.24, 2.45) is 0 Å². The van der Waals surface area contributed by atoms with Crippen molar-refractivity contribution in [2.45, 2.75) is 33.2 Å². The molecule has 7 heteroatoms. The van der Waals surface area contributed by atoms with Gasteiger partial charge in [0, 0.05) is 25.1 Å². The van der Waals surface area contributed by atoms with Gasteiger partial charge >= 0.3 is 0 Å². The van der Waals surface area contributed by atoms with Crippen molar-refractivity contribution in [1.29, 1.82) is 0 Å². The zero-order chi connectivity index (χ0) is 15.4. The highest BCUT2D eigenvalue weighted by Crippen LogP contribution is 2.32. The topological polar surface area (TPSA) is 81.0 Å². The van der Waals surface area contributed by atoms with E-state index >= 15 is 0 Å². The number of hydrogen-bond donors (Lipinski definition) is 1. The molecule has 0 atom stereocenters. The number of nitrogens with one attached hydrogen (secondary N) is 1. The average molecular weight is 306 g/mol. The van der Waals surface area contributed by atoms with Crippen LogP contribution in [-0.2, 0) is 6.42 Å². The Morgan fingerprint density at radius 1 is 1.38 bits per heavy atom. The third-order valence-corrected chi connectivity index (χ3v) is 3.95. The van der Waals surface area contributed by atoms with Crippen LogP contribution in [0.25, 0.3) is 10.6 Å². The molecule has 2 rings (SSSR count). The zero-order valence-corrected chi connectivity index (χ0v) is 13.1. The van der Waals surface area contributed by atoms with Gasteiger partial charge in [0.25, 0.3) is 5.69 Å². The minimum atomic E-state index is -0.379. The van der Waals surface area contributed by atoms with Crippen LogP contribution in [0, 0.1) is 17.0 Å². The van der Waals surface area contributed by atoms with Crippen molar-refractivity contribution in [3.63, 3.8) is 0 Å². The molecule has 0 unspecified atom stereocenters. The Bertz CT molecular complexity index is 640. The third-order valence-electron chi connectivity index (χ3n) is 2.94. The lowest BCUT2D eigenvalue weighted by Crippen LogP contribution is -2.24. The largest absolute Gasteiger partial charge is 0.314 e. The van der Waals surface area contributed by atoms with E-state index < -0.39 is 0 Å². The fraction of sp³-hybridized carbons (Fsp3) is 0.429. The second-order valence-electron chi connectivity index (χ2n) is 5.14. The maximum atomic E-state index is 11.1. The number of aryl methyl sites for hydroxylation is 1. The molecule has 0 saturated heterocycles. The lowest BCUT2D eigenvalue weighted by molar-refractivity contribution is -0.384. The zero-order valence-electron chi connectivity index (χ0n) is 12.3. The van der Waals surface area contributed by atoms with Gasteiger partial charge in [-0.2, -0.15) is 0 Å². The first-order valence-corrected chi connectivity index (χ1v) is 7.60. The molecule has 0 aliphatic carbocycles. The lowest BCUT2D eigenvalue weighted by Gasteiger charge is -2.05. The number of hydrogen-bond acceptors (Lipinski definition) is 6. The Morgan fingerprint density at radius 2 is 2.14 bits per heavy atom. The molecule has 0 radical (unpaired) electrons. The smallest absolute Gasteiger partial charge is 0.279 e. The lowest BCUT2D eigenvalue weighted by atomic mass is 10.1. The molecule has 1 aromatic heterocycles. The summed E-state index contributed by atoms with van der Waals surface area (Å²) in [7, 11) is 0. The minimum absolute atomic E-state index is 0.0728. The summed E-state index contributed by atoms with van der Waals surface area (Å²) >= 11 is 1.41. The molecule has 1 N–H and O–H groups in total. The average Bonchev–Trinajstić information content (AvgIpc) is 2.86. The highest BCUT2D eigenvalue weighted by molar-refractivity contribution is 7.14. The van der Waals surface area contributed by atoms with E-state index in [9.17, 15) is 10.1 Å². The monoisotopic (exact) mass is 306 g/mol. The van der Waals surface area contributed by atoms with Crippen LogP contribution in [0.3, 0.4) is 0 Å². The summed E-state index contributed by atoms with van der Waals surface area (Å²) in [6.07, 6.45) is 0.773. The van der Waals surface area contributed by atoms with Gasteiger partial charge in [-0.1, -0.05) is 31.3 Å². The van der Waals surface area contributed by atoms with Crippen molar-refractivity contribution in [2.75, 3.05) is 6.54 Å². The Labute approximate surface area is 127 Å². The van der Waals surface area contributed by atoms with E-state index in [1.165, 1.54) is 17.4 Å². The fourth-order valence-corrected chi connectivity index (χ4v) is 2.78. The molecule has 6 nitrogen and oxygen atoms in total. The van der Waals surface area contributed by atoms with Crippen LogP contribution >= 0.6 is 11.3 Å². The van der Waals surface area contributed by atoms with E-state index in [4.69, 9.17) is 0 Å². The quantitative estimate of drug-likeness (QED) is 0.655. The summed E-state index contributed by atoms with van der Waals surface area (Å²) in [6, 6.07) is 5.46. The summed E-state index contributed by atoms with van der Waals surface area (Å²) < 4.78 is 0. The Kier molecular flexibility index (Phi) is 4.98. The molecule has 0 amide bonds. The minimum Gasteiger partial charge on any atom is -0.314 e. The molecule has 0 fully saturated rings. The Morgan fingerprint density at radius 3 is 2.81 bits per heavy atom. The second-order valence-corrected chi connectivity index (χ2v) is 6.20. The summed E-state index contributed by atoms with van der Waals surface area (Å²) in [5, 5.41) is 24.1. The van der Waals surface area contributed by atoms with Gasteiger partial charge in [-0.05, 0) is 18.6 Å². The van der Waals surface area contributed by atoms with Crippen LogP contribution in [0.4, 0.5) is 5.69 Å². The molecule has 21 heavy (non-hydrogen) atoms. The van der Waals surface area contributed by atoms with Crippen LogP contribution in [0.1, 0.15) is 24.4 Å². The van der Waals surface area contributed by atoms with E-state index in [-0.39, 0.29) is 10.6 Å². The van der Waals surface area contributed by atoms with E-state index in [0.717, 1.165) is 23.5 Å². The third kappa shape index (κ3) is 4.05. The number of nitro benzene ring substituents is 1. The number of rotatable bonds is 6. The molecule has 0 aliphatic heterocycles. The number of benzene rings is 1. The van der Waals surface area contributed by atoms with Gasteiger partial charge in [0.15, 0.2) is 5.01 Å². The van der Waals surface area contributed by atoms with Gasteiger partial charge in [0.2, 0.25) is 0 Å². The normalized spacial score (nSPS) is 11.0. The first kappa shape index (κ1) is 15.5. The number of nitrogens with zero attached hydrogens (tertiary/aromatic N) is 3. The van der Waals surface area contributed by atoms with E-state index in [1.54, 1.807) is 12.1 Å². The van der Waals surface area contributed by atoms with E-state index in [1.807, 2.05) is 6.92 Å². The maximum absolute atomic E-state index is 11.1. The van der Waals surface area contributed by atoms with E-state index in [2.05, 4.69) is 29.4 Å². The molecule has 0 saturated carbocycles. The predicted octanol–water partition coefficient (Wildman–Crippen LogP) is 2.96. The number of aromatic nitrogens is 2. The van der Waals surface area contributed by atoms with Crippen LogP contribution < -0.4 is 5.32 Å². The molecule has 1 aromatic carbocycles. The molecule has 1 heterocycles. The van der Waals surface area contributed by atoms with Crippen molar-refractivity contribution >= 4 is 17.0 Å². The Hall–Kier alpha value is -1.86. The van der Waals surface area contributed by atoms with Gasteiger partial charge in [-0.3, -0.25) is 10.1 Å².